The van der Waals surface area contributed by atoms with Crippen molar-refractivity contribution in [3.63, 3.8) is 0 Å². The highest BCUT2D eigenvalue weighted by Crippen LogP contribution is 2.29. The number of amides is 1. The van der Waals surface area contributed by atoms with Crippen LogP contribution in [0.4, 0.5) is 0 Å². The molecule has 1 atom stereocenters. The molecule has 0 unspecified atom stereocenters. The molecule has 0 radical (unpaired) electrons. The number of carbonyl (C=O) groups is 1. The zero-order chi connectivity index (χ0) is 18.7. The van der Waals surface area contributed by atoms with Crippen molar-refractivity contribution in [2.75, 3.05) is 13.7 Å². The Bertz CT molecular complexity index is 757. The number of hydrogen-bond acceptors (Lipinski definition) is 4. The highest BCUT2D eigenvalue weighted by molar-refractivity contribution is 7.89. The molecule has 0 aromatic heterocycles. The number of carbonyl (C=O) groups excluding carboxylic acids is 1. The van der Waals surface area contributed by atoms with Gasteiger partial charge in [0.2, 0.25) is 15.9 Å². The molecular weight excluding hydrogens is 352 g/mol. The Morgan fingerprint density at radius 3 is 2.54 bits per heavy atom. The van der Waals surface area contributed by atoms with Gasteiger partial charge in [0.05, 0.1) is 12.0 Å². The number of nitrogens with zero attached hydrogens (tertiary/aromatic N) is 1. The lowest BCUT2D eigenvalue weighted by Gasteiger charge is -2.28. The zero-order valence-electron chi connectivity index (χ0n) is 15.5. The van der Waals surface area contributed by atoms with E-state index in [9.17, 15) is 13.2 Å². The van der Waals surface area contributed by atoms with Crippen molar-refractivity contribution in [1.82, 2.24) is 9.62 Å². The molecule has 1 saturated heterocycles. The first-order chi connectivity index (χ1) is 12.4. The second-order valence-corrected chi connectivity index (χ2v) is 9.14. The summed E-state index contributed by atoms with van der Waals surface area (Å²) in [4.78, 5) is 12.9. The van der Waals surface area contributed by atoms with Crippen molar-refractivity contribution in [3.8, 4) is 5.75 Å². The summed E-state index contributed by atoms with van der Waals surface area (Å²) in [6, 6.07) is 4.40. The molecule has 6 nitrogen and oxygen atoms in total. The fourth-order valence-electron chi connectivity index (χ4n) is 3.98. The van der Waals surface area contributed by atoms with E-state index in [0.29, 0.717) is 25.1 Å². The first kappa shape index (κ1) is 19.2. The quantitative estimate of drug-likeness (QED) is 0.852. The van der Waals surface area contributed by atoms with Crippen LogP contribution in [0.3, 0.4) is 0 Å². The Labute approximate surface area is 156 Å². The molecule has 1 heterocycles. The van der Waals surface area contributed by atoms with Crippen molar-refractivity contribution in [2.24, 2.45) is 0 Å². The molecule has 1 aliphatic heterocycles. The molecule has 0 bridgehead atoms. The first-order valence-corrected chi connectivity index (χ1v) is 10.8. The largest absolute Gasteiger partial charge is 0.496 e. The second-order valence-electron chi connectivity index (χ2n) is 7.25. The van der Waals surface area contributed by atoms with E-state index in [4.69, 9.17) is 4.74 Å². The molecule has 144 valence electrons. The van der Waals surface area contributed by atoms with Crippen LogP contribution in [0.15, 0.2) is 23.1 Å². The summed E-state index contributed by atoms with van der Waals surface area (Å²) in [5.41, 5.74) is 0.760. The number of hydrogen-bond donors (Lipinski definition) is 1. The molecule has 2 fully saturated rings. The minimum absolute atomic E-state index is 0.150. The van der Waals surface area contributed by atoms with E-state index < -0.39 is 16.1 Å². The van der Waals surface area contributed by atoms with Crippen molar-refractivity contribution in [3.05, 3.63) is 23.8 Å². The number of nitrogens with one attached hydrogen (secondary N) is 1. The Hall–Kier alpha value is -1.60. The summed E-state index contributed by atoms with van der Waals surface area (Å²) in [5, 5.41) is 3.08. The molecular formula is C19H28N2O4S. The van der Waals surface area contributed by atoms with Gasteiger partial charge in [-0.15, -0.1) is 0 Å². The molecule has 3 rings (SSSR count). The van der Waals surface area contributed by atoms with Gasteiger partial charge < -0.3 is 10.1 Å². The van der Waals surface area contributed by atoms with Gasteiger partial charge in [0.15, 0.2) is 0 Å². The lowest BCUT2D eigenvalue weighted by molar-refractivity contribution is -0.125. The summed E-state index contributed by atoms with van der Waals surface area (Å²) in [7, 11) is -2.15. The van der Waals surface area contributed by atoms with E-state index >= 15 is 0 Å². The average Bonchev–Trinajstić information content (AvgIpc) is 3.13. The Morgan fingerprint density at radius 1 is 1.15 bits per heavy atom. The second kappa shape index (κ2) is 7.96. The Kier molecular flexibility index (Phi) is 5.87. The number of rotatable bonds is 5. The monoisotopic (exact) mass is 380 g/mol. The zero-order valence-corrected chi connectivity index (χ0v) is 16.3. The normalized spacial score (nSPS) is 22.3. The van der Waals surface area contributed by atoms with Gasteiger partial charge in [0, 0.05) is 12.6 Å². The number of sulfonamides is 1. The fraction of sp³-hybridized carbons (Fsp3) is 0.632. The van der Waals surface area contributed by atoms with Gasteiger partial charge >= 0.3 is 0 Å². The van der Waals surface area contributed by atoms with Crippen LogP contribution >= 0.6 is 0 Å². The van der Waals surface area contributed by atoms with Crippen molar-refractivity contribution < 1.29 is 17.9 Å². The number of benzene rings is 1. The maximum absolute atomic E-state index is 13.1. The van der Waals surface area contributed by atoms with E-state index in [-0.39, 0.29) is 16.8 Å². The predicted octanol–water partition coefficient (Wildman–Crippen LogP) is 2.61. The topological polar surface area (TPSA) is 75.7 Å². The molecule has 0 spiro atoms. The molecule has 1 saturated carbocycles. The summed E-state index contributed by atoms with van der Waals surface area (Å²) in [5.74, 6) is 0.500. The van der Waals surface area contributed by atoms with Crippen LogP contribution in [0.25, 0.3) is 0 Å². The van der Waals surface area contributed by atoms with Gasteiger partial charge in [-0.25, -0.2) is 8.42 Å². The van der Waals surface area contributed by atoms with Crippen LogP contribution in [-0.4, -0.2) is 44.4 Å². The van der Waals surface area contributed by atoms with Gasteiger partial charge in [-0.1, -0.05) is 19.3 Å². The molecule has 1 aromatic carbocycles. The predicted molar refractivity (Wildman–Crippen MR) is 99.7 cm³/mol. The third-order valence-electron chi connectivity index (χ3n) is 5.43. The number of aryl methyl sites for hydroxylation is 1. The van der Waals surface area contributed by atoms with Gasteiger partial charge in [-0.05, 0) is 56.4 Å². The van der Waals surface area contributed by atoms with Gasteiger partial charge in [0.25, 0.3) is 0 Å². The smallest absolute Gasteiger partial charge is 0.243 e. The van der Waals surface area contributed by atoms with E-state index in [1.165, 1.54) is 10.7 Å². The SMILES string of the molecule is COc1ccc(S(=O)(=O)N2CCC[C@H]2C(=O)NC2CCCCC2)cc1C. The molecule has 1 amide bonds. The third kappa shape index (κ3) is 3.88. The number of methoxy groups -OCH3 is 1. The van der Waals surface area contributed by atoms with E-state index in [1.807, 2.05) is 6.92 Å². The molecule has 7 heteroatoms. The first-order valence-electron chi connectivity index (χ1n) is 9.40. The minimum Gasteiger partial charge on any atom is -0.496 e. The van der Waals surface area contributed by atoms with Crippen LogP contribution in [-0.2, 0) is 14.8 Å². The van der Waals surface area contributed by atoms with Crippen molar-refractivity contribution in [2.45, 2.75) is 68.8 Å². The lowest BCUT2D eigenvalue weighted by atomic mass is 9.95. The van der Waals surface area contributed by atoms with Gasteiger partial charge in [-0.3, -0.25) is 4.79 Å². The van der Waals surface area contributed by atoms with Crippen LogP contribution in [0, 0.1) is 6.92 Å². The van der Waals surface area contributed by atoms with Crippen molar-refractivity contribution in [1.29, 1.82) is 0 Å². The molecule has 2 aliphatic rings. The Balaban J connectivity index is 1.77. The van der Waals surface area contributed by atoms with Crippen LogP contribution in [0.2, 0.25) is 0 Å². The van der Waals surface area contributed by atoms with Crippen LogP contribution in [0.5, 0.6) is 5.75 Å². The summed E-state index contributed by atoms with van der Waals surface area (Å²) in [6.07, 6.45) is 6.73. The minimum atomic E-state index is -3.70. The maximum atomic E-state index is 13.1. The highest BCUT2D eigenvalue weighted by atomic mass is 32.2. The van der Waals surface area contributed by atoms with E-state index in [2.05, 4.69) is 5.32 Å². The maximum Gasteiger partial charge on any atom is 0.243 e. The molecule has 1 N–H and O–H groups in total. The summed E-state index contributed by atoms with van der Waals surface area (Å²) < 4.78 is 32.8. The summed E-state index contributed by atoms with van der Waals surface area (Å²) >= 11 is 0. The number of ether oxygens (including phenoxy) is 1. The van der Waals surface area contributed by atoms with Gasteiger partial charge in [0.1, 0.15) is 11.8 Å². The van der Waals surface area contributed by atoms with Gasteiger partial charge in [-0.2, -0.15) is 4.31 Å². The van der Waals surface area contributed by atoms with E-state index in [1.54, 1.807) is 25.3 Å². The Morgan fingerprint density at radius 2 is 1.88 bits per heavy atom. The molecule has 1 aliphatic carbocycles. The highest BCUT2D eigenvalue weighted by Gasteiger charge is 2.40. The standard InChI is InChI=1S/C19H28N2O4S/c1-14-13-16(10-11-18(14)25-2)26(23,24)21-12-6-9-17(21)19(22)20-15-7-4-3-5-8-15/h10-11,13,15,17H,3-9,12H2,1-2H3,(H,20,22)/t17-/m0/s1. The van der Waals surface area contributed by atoms with Crippen molar-refractivity contribution >= 4 is 15.9 Å². The van der Waals surface area contributed by atoms with Crippen LogP contribution < -0.4 is 10.1 Å². The average molecular weight is 381 g/mol. The van der Waals surface area contributed by atoms with E-state index in [0.717, 1.165) is 31.2 Å². The summed E-state index contributed by atoms with van der Waals surface area (Å²) in [6.45, 7) is 2.20. The lowest BCUT2D eigenvalue weighted by Crippen LogP contribution is -2.49. The third-order valence-corrected chi connectivity index (χ3v) is 7.33. The molecule has 26 heavy (non-hydrogen) atoms. The molecule has 1 aromatic rings. The van der Waals surface area contributed by atoms with Crippen LogP contribution in [0.1, 0.15) is 50.5 Å². The fourth-order valence-corrected chi connectivity index (χ4v) is 5.72.